The smallest absolute Gasteiger partial charge is 0.150 e. The van der Waals surface area contributed by atoms with Gasteiger partial charge in [0.25, 0.3) is 0 Å². The van der Waals surface area contributed by atoms with E-state index in [1.807, 2.05) is 23.9 Å². The highest BCUT2D eigenvalue weighted by molar-refractivity contribution is 9.10. The summed E-state index contributed by atoms with van der Waals surface area (Å²) in [5.41, 5.74) is 2.02. The second-order valence-corrected chi connectivity index (χ2v) is 7.19. The summed E-state index contributed by atoms with van der Waals surface area (Å²) >= 11 is 10.2. The summed E-state index contributed by atoms with van der Waals surface area (Å²) < 4.78 is 8.74. The normalized spacial score (nSPS) is 20.5. The molecule has 4 nitrogen and oxygen atoms in total. The van der Waals surface area contributed by atoms with Gasteiger partial charge in [-0.1, -0.05) is 18.5 Å². The average Bonchev–Trinajstić information content (AvgIpc) is 2.95. The van der Waals surface area contributed by atoms with Crippen molar-refractivity contribution in [3.63, 3.8) is 0 Å². The van der Waals surface area contributed by atoms with Crippen molar-refractivity contribution in [2.75, 3.05) is 13.2 Å². The van der Waals surface area contributed by atoms with Gasteiger partial charge in [-0.25, -0.2) is 4.68 Å². The van der Waals surface area contributed by atoms with E-state index in [2.05, 4.69) is 21.0 Å². The molecule has 0 aliphatic carbocycles. The van der Waals surface area contributed by atoms with Crippen LogP contribution in [0.1, 0.15) is 38.0 Å². The SMILES string of the molecule is CC(CO)Cc1c(Cl)cc2c(cnn2C2CCCCO2)c1Br. The van der Waals surface area contributed by atoms with E-state index in [1.54, 1.807) is 0 Å². The van der Waals surface area contributed by atoms with Gasteiger partial charge in [-0.05, 0) is 59.2 Å². The Morgan fingerprint density at radius 3 is 3.05 bits per heavy atom. The molecule has 1 saturated heterocycles. The molecule has 1 N–H and O–H groups in total. The van der Waals surface area contributed by atoms with Crippen LogP contribution in [0.5, 0.6) is 0 Å². The Labute approximate surface area is 143 Å². The maximum Gasteiger partial charge on any atom is 0.150 e. The maximum absolute atomic E-state index is 9.27. The van der Waals surface area contributed by atoms with Crippen molar-refractivity contribution in [2.45, 2.75) is 38.8 Å². The van der Waals surface area contributed by atoms with Crippen molar-refractivity contribution in [2.24, 2.45) is 5.92 Å². The summed E-state index contributed by atoms with van der Waals surface area (Å²) in [6.07, 6.45) is 5.85. The van der Waals surface area contributed by atoms with Gasteiger partial charge in [0.2, 0.25) is 0 Å². The molecule has 1 aromatic carbocycles. The Morgan fingerprint density at radius 2 is 2.36 bits per heavy atom. The molecule has 3 rings (SSSR count). The van der Waals surface area contributed by atoms with Crippen LogP contribution in [0.2, 0.25) is 5.02 Å². The van der Waals surface area contributed by atoms with Crippen molar-refractivity contribution < 1.29 is 9.84 Å². The Kier molecular flexibility index (Phi) is 5.07. The molecule has 1 aromatic heterocycles. The molecule has 1 fully saturated rings. The molecule has 0 radical (unpaired) electrons. The first-order valence-electron chi connectivity index (χ1n) is 7.68. The van der Waals surface area contributed by atoms with Gasteiger partial charge in [-0.3, -0.25) is 0 Å². The third-order valence-corrected chi connectivity index (χ3v) is 5.42. The molecule has 6 heteroatoms. The molecule has 2 heterocycles. The summed E-state index contributed by atoms with van der Waals surface area (Å²) in [6, 6.07) is 1.96. The number of hydrogen-bond acceptors (Lipinski definition) is 3. The fourth-order valence-electron chi connectivity index (χ4n) is 2.91. The van der Waals surface area contributed by atoms with E-state index in [0.29, 0.717) is 5.02 Å². The van der Waals surface area contributed by atoms with Crippen LogP contribution in [0.3, 0.4) is 0 Å². The molecule has 1 aliphatic heterocycles. The second kappa shape index (κ2) is 6.87. The Morgan fingerprint density at radius 1 is 1.55 bits per heavy atom. The second-order valence-electron chi connectivity index (χ2n) is 5.99. The van der Waals surface area contributed by atoms with Crippen LogP contribution in [0, 0.1) is 5.92 Å². The van der Waals surface area contributed by atoms with Crippen LogP contribution in [0.25, 0.3) is 10.9 Å². The van der Waals surface area contributed by atoms with Crippen LogP contribution in [0.15, 0.2) is 16.7 Å². The van der Waals surface area contributed by atoms with Crippen LogP contribution >= 0.6 is 27.5 Å². The van der Waals surface area contributed by atoms with Gasteiger partial charge >= 0.3 is 0 Å². The Balaban J connectivity index is 2.02. The number of nitrogens with zero attached hydrogens (tertiary/aromatic N) is 2. The minimum atomic E-state index is -0.00330. The Hall–Kier alpha value is -0.620. The molecule has 120 valence electrons. The number of hydrogen-bond donors (Lipinski definition) is 1. The number of fused-ring (bicyclic) bond motifs is 1. The number of aliphatic hydroxyl groups is 1. The van der Waals surface area contributed by atoms with Crippen molar-refractivity contribution in [3.05, 3.63) is 27.3 Å². The molecule has 2 unspecified atom stereocenters. The monoisotopic (exact) mass is 386 g/mol. The molecule has 1 aliphatic rings. The molecule has 2 atom stereocenters. The highest BCUT2D eigenvalue weighted by atomic mass is 79.9. The molecule has 0 saturated carbocycles. The van der Waals surface area contributed by atoms with Crippen LogP contribution in [0.4, 0.5) is 0 Å². The fraction of sp³-hybridized carbons (Fsp3) is 0.562. The van der Waals surface area contributed by atoms with Crippen LogP contribution in [-0.4, -0.2) is 28.1 Å². The number of benzene rings is 1. The summed E-state index contributed by atoms with van der Waals surface area (Å²) in [6.45, 7) is 2.94. The quantitative estimate of drug-likeness (QED) is 0.850. The largest absolute Gasteiger partial charge is 0.396 e. The van der Waals surface area contributed by atoms with Gasteiger partial charge in [0.05, 0.1) is 11.7 Å². The predicted molar refractivity (Wildman–Crippen MR) is 91.2 cm³/mol. The van der Waals surface area contributed by atoms with Crippen molar-refractivity contribution in [3.8, 4) is 0 Å². The van der Waals surface area contributed by atoms with Crippen molar-refractivity contribution >= 4 is 38.4 Å². The molecular weight excluding hydrogens is 368 g/mol. The van der Waals surface area contributed by atoms with Crippen molar-refractivity contribution in [1.29, 1.82) is 0 Å². The van der Waals surface area contributed by atoms with E-state index in [4.69, 9.17) is 16.3 Å². The molecular formula is C16H20BrClN2O2. The van der Waals surface area contributed by atoms with Crippen molar-refractivity contribution in [1.82, 2.24) is 9.78 Å². The molecule has 0 amide bonds. The molecule has 0 spiro atoms. The molecule has 22 heavy (non-hydrogen) atoms. The van der Waals surface area contributed by atoms with E-state index >= 15 is 0 Å². The van der Waals surface area contributed by atoms with Gasteiger partial charge in [-0.2, -0.15) is 5.10 Å². The van der Waals surface area contributed by atoms with Crippen LogP contribution in [-0.2, 0) is 11.2 Å². The maximum atomic E-state index is 9.27. The van der Waals surface area contributed by atoms with Gasteiger partial charge in [-0.15, -0.1) is 0 Å². The number of rotatable bonds is 4. The zero-order valence-electron chi connectivity index (χ0n) is 12.6. The first-order valence-corrected chi connectivity index (χ1v) is 8.85. The number of halogens is 2. The third kappa shape index (κ3) is 3.04. The minimum Gasteiger partial charge on any atom is -0.396 e. The predicted octanol–water partition coefficient (Wildman–Crippen LogP) is 4.32. The van der Waals surface area contributed by atoms with Gasteiger partial charge in [0.1, 0.15) is 0 Å². The first-order chi connectivity index (χ1) is 10.6. The lowest BCUT2D eigenvalue weighted by atomic mass is 10.0. The lowest BCUT2D eigenvalue weighted by molar-refractivity contribution is -0.0366. The molecule has 2 aromatic rings. The standard InChI is InChI=1S/C16H20BrClN2O2/c1-10(9-21)6-11-13(18)7-14-12(16(11)17)8-19-20(14)15-4-2-3-5-22-15/h7-8,10,15,21H,2-6,9H2,1H3. The highest BCUT2D eigenvalue weighted by Crippen LogP contribution is 2.36. The average molecular weight is 388 g/mol. The number of ether oxygens (including phenoxy) is 1. The van der Waals surface area contributed by atoms with Gasteiger partial charge in [0.15, 0.2) is 6.23 Å². The summed E-state index contributed by atoms with van der Waals surface area (Å²) in [7, 11) is 0. The number of aromatic nitrogens is 2. The topological polar surface area (TPSA) is 47.3 Å². The van der Waals surface area contributed by atoms with E-state index in [9.17, 15) is 5.11 Å². The summed E-state index contributed by atoms with van der Waals surface area (Å²) in [5, 5.41) is 15.5. The van der Waals surface area contributed by atoms with E-state index in [-0.39, 0.29) is 18.8 Å². The van der Waals surface area contributed by atoms with Crippen LogP contribution < -0.4 is 0 Å². The highest BCUT2D eigenvalue weighted by Gasteiger charge is 2.21. The fourth-order valence-corrected chi connectivity index (χ4v) is 3.98. The lowest BCUT2D eigenvalue weighted by Crippen LogP contribution is -2.19. The Bertz CT molecular complexity index is 668. The lowest BCUT2D eigenvalue weighted by Gasteiger charge is -2.23. The van der Waals surface area contributed by atoms with E-state index < -0.39 is 0 Å². The van der Waals surface area contributed by atoms with E-state index in [1.165, 1.54) is 0 Å². The van der Waals surface area contributed by atoms with Gasteiger partial charge < -0.3 is 9.84 Å². The third-order valence-electron chi connectivity index (χ3n) is 4.18. The van der Waals surface area contributed by atoms with E-state index in [0.717, 1.165) is 53.2 Å². The molecule has 0 bridgehead atoms. The first kappa shape index (κ1) is 16.2. The summed E-state index contributed by atoms with van der Waals surface area (Å²) in [4.78, 5) is 0. The zero-order chi connectivity index (χ0) is 15.7. The summed E-state index contributed by atoms with van der Waals surface area (Å²) in [5.74, 6) is 0.169. The number of aliphatic hydroxyl groups excluding tert-OH is 1. The van der Waals surface area contributed by atoms with Gasteiger partial charge in [0, 0.05) is 28.1 Å². The zero-order valence-corrected chi connectivity index (χ0v) is 14.9. The minimum absolute atomic E-state index is 0.00330.